The van der Waals surface area contributed by atoms with E-state index in [4.69, 9.17) is 14.6 Å². The first-order chi connectivity index (χ1) is 9.40. The second-order valence-electron chi connectivity index (χ2n) is 4.36. The molecule has 0 aliphatic carbocycles. The predicted octanol–water partition coefficient (Wildman–Crippen LogP) is -1.31. The van der Waals surface area contributed by atoms with E-state index in [-0.39, 0.29) is 12.2 Å². The summed E-state index contributed by atoms with van der Waals surface area (Å²) in [6, 6.07) is 3.29. The zero-order valence-corrected chi connectivity index (χ0v) is 10.2. The van der Waals surface area contributed by atoms with Gasteiger partial charge in [-0.1, -0.05) is 0 Å². The van der Waals surface area contributed by atoms with Gasteiger partial charge in [0, 0.05) is 0 Å². The van der Waals surface area contributed by atoms with E-state index >= 15 is 0 Å². The molecule has 0 saturated carbocycles. The van der Waals surface area contributed by atoms with Crippen molar-refractivity contribution in [2.45, 2.75) is 24.6 Å². The SMILES string of the molecule is O=C(O[C@@H]1OC[C@@H](O)[C@@H](O)[C@H]1O)c1ccc(O)c(O)c1. The molecular weight excluding hydrogens is 272 g/mol. The molecule has 1 aliphatic rings. The lowest BCUT2D eigenvalue weighted by Gasteiger charge is -2.34. The smallest absolute Gasteiger partial charge is 0.340 e. The fourth-order valence-corrected chi connectivity index (χ4v) is 1.71. The van der Waals surface area contributed by atoms with Gasteiger partial charge in [0.15, 0.2) is 11.5 Å². The largest absolute Gasteiger partial charge is 0.504 e. The maximum Gasteiger partial charge on any atom is 0.340 e. The predicted molar refractivity (Wildman–Crippen MR) is 62.9 cm³/mol. The van der Waals surface area contributed by atoms with Crippen molar-refractivity contribution in [3.63, 3.8) is 0 Å². The quantitative estimate of drug-likeness (QED) is 0.334. The molecule has 0 unspecified atom stereocenters. The van der Waals surface area contributed by atoms with Crippen LogP contribution in [-0.4, -0.2) is 62.7 Å². The standard InChI is InChI=1S/C12H14O8/c13-6-2-1-5(3-7(6)14)11(18)20-12-10(17)9(16)8(15)4-19-12/h1-3,8-10,12-17H,4H2/t8-,9-,10-,12+/m1/s1. The normalized spacial score (nSPS) is 29.9. The van der Waals surface area contributed by atoms with Gasteiger partial charge < -0.3 is 35.0 Å². The lowest BCUT2D eigenvalue weighted by molar-refractivity contribution is -0.251. The molecule has 1 aliphatic heterocycles. The summed E-state index contributed by atoms with van der Waals surface area (Å²) >= 11 is 0. The molecule has 110 valence electrons. The third-order valence-corrected chi connectivity index (χ3v) is 2.89. The van der Waals surface area contributed by atoms with Gasteiger partial charge in [0.2, 0.25) is 6.29 Å². The molecule has 8 nitrogen and oxygen atoms in total. The van der Waals surface area contributed by atoms with Gasteiger partial charge in [-0.2, -0.15) is 0 Å². The number of phenols is 2. The number of benzene rings is 1. The van der Waals surface area contributed by atoms with Gasteiger partial charge in [0.1, 0.15) is 18.3 Å². The van der Waals surface area contributed by atoms with Crippen LogP contribution in [0.25, 0.3) is 0 Å². The first-order valence-corrected chi connectivity index (χ1v) is 5.79. The Morgan fingerprint density at radius 1 is 1.15 bits per heavy atom. The zero-order chi connectivity index (χ0) is 14.9. The molecule has 8 heteroatoms. The number of carbonyl (C=O) groups excluding carboxylic acids is 1. The van der Waals surface area contributed by atoms with Gasteiger partial charge in [-0.05, 0) is 18.2 Å². The highest BCUT2D eigenvalue weighted by Gasteiger charge is 2.39. The second kappa shape index (κ2) is 5.63. The summed E-state index contributed by atoms with van der Waals surface area (Å²) in [4.78, 5) is 11.8. The van der Waals surface area contributed by atoms with E-state index in [1.54, 1.807) is 0 Å². The van der Waals surface area contributed by atoms with Crippen LogP contribution in [-0.2, 0) is 9.47 Å². The van der Waals surface area contributed by atoms with Crippen molar-refractivity contribution >= 4 is 5.97 Å². The lowest BCUT2D eigenvalue weighted by atomic mass is 10.1. The van der Waals surface area contributed by atoms with Crippen molar-refractivity contribution < 1.29 is 39.8 Å². The average molecular weight is 286 g/mol. The Morgan fingerprint density at radius 3 is 2.50 bits per heavy atom. The molecule has 0 amide bonds. The van der Waals surface area contributed by atoms with Crippen LogP contribution < -0.4 is 0 Å². The third-order valence-electron chi connectivity index (χ3n) is 2.89. The fourth-order valence-electron chi connectivity index (χ4n) is 1.71. The maximum atomic E-state index is 11.8. The highest BCUT2D eigenvalue weighted by molar-refractivity contribution is 5.90. The van der Waals surface area contributed by atoms with Crippen LogP contribution in [0, 0.1) is 0 Å². The molecule has 0 aromatic heterocycles. The zero-order valence-electron chi connectivity index (χ0n) is 10.2. The summed E-state index contributed by atoms with van der Waals surface area (Å²) in [5.74, 6) is -1.82. The molecule has 20 heavy (non-hydrogen) atoms. The summed E-state index contributed by atoms with van der Waals surface area (Å²) < 4.78 is 9.73. The van der Waals surface area contributed by atoms with E-state index < -0.39 is 42.1 Å². The van der Waals surface area contributed by atoms with Crippen LogP contribution in [0.4, 0.5) is 0 Å². The van der Waals surface area contributed by atoms with Crippen molar-refractivity contribution in [3.05, 3.63) is 23.8 Å². The average Bonchev–Trinajstić information content (AvgIpc) is 2.42. The van der Waals surface area contributed by atoms with E-state index in [9.17, 15) is 25.2 Å². The molecule has 1 aromatic rings. The van der Waals surface area contributed by atoms with E-state index in [2.05, 4.69) is 0 Å². The fraction of sp³-hybridized carbons (Fsp3) is 0.417. The van der Waals surface area contributed by atoms with Crippen LogP contribution in [0.1, 0.15) is 10.4 Å². The van der Waals surface area contributed by atoms with E-state index in [0.717, 1.165) is 12.1 Å². The number of rotatable bonds is 2. The number of carbonyl (C=O) groups is 1. The molecule has 1 heterocycles. The Bertz CT molecular complexity index is 502. The molecule has 1 saturated heterocycles. The summed E-state index contributed by atoms with van der Waals surface area (Å²) in [7, 11) is 0. The first-order valence-electron chi connectivity index (χ1n) is 5.79. The molecule has 0 radical (unpaired) electrons. The van der Waals surface area contributed by atoms with Crippen LogP contribution in [0.3, 0.4) is 0 Å². The van der Waals surface area contributed by atoms with Crippen LogP contribution in [0.15, 0.2) is 18.2 Å². The number of hydrogen-bond donors (Lipinski definition) is 5. The topological polar surface area (TPSA) is 137 Å². The van der Waals surface area contributed by atoms with Gasteiger partial charge in [-0.3, -0.25) is 0 Å². The third kappa shape index (κ3) is 2.83. The number of ether oxygens (including phenoxy) is 2. The van der Waals surface area contributed by atoms with E-state index in [1.807, 2.05) is 0 Å². The Kier molecular flexibility index (Phi) is 4.09. The Morgan fingerprint density at radius 2 is 1.85 bits per heavy atom. The molecule has 1 aromatic carbocycles. The van der Waals surface area contributed by atoms with Crippen molar-refractivity contribution in [2.75, 3.05) is 6.61 Å². The summed E-state index contributed by atoms with van der Waals surface area (Å²) in [6.45, 7) is -0.295. The number of phenolic OH excluding ortho intramolecular Hbond substituents is 2. The van der Waals surface area contributed by atoms with E-state index in [0.29, 0.717) is 0 Å². The van der Waals surface area contributed by atoms with E-state index in [1.165, 1.54) is 6.07 Å². The van der Waals surface area contributed by atoms with Gasteiger partial charge >= 0.3 is 5.97 Å². The van der Waals surface area contributed by atoms with Crippen LogP contribution in [0.2, 0.25) is 0 Å². The van der Waals surface area contributed by atoms with Gasteiger partial charge in [-0.25, -0.2) is 4.79 Å². The molecule has 5 N–H and O–H groups in total. The first kappa shape index (κ1) is 14.5. The van der Waals surface area contributed by atoms with Crippen molar-refractivity contribution in [1.82, 2.24) is 0 Å². The molecular formula is C12H14O8. The Hall–Kier alpha value is -1.87. The number of aliphatic hydroxyl groups excluding tert-OH is 3. The number of aliphatic hydroxyl groups is 3. The highest BCUT2D eigenvalue weighted by Crippen LogP contribution is 2.26. The van der Waals surface area contributed by atoms with Crippen molar-refractivity contribution in [3.8, 4) is 11.5 Å². The van der Waals surface area contributed by atoms with Gasteiger partial charge in [-0.15, -0.1) is 0 Å². The highest BCUT2D eigenvalue weighted by atomic mass is 16.7. The number of esters is 1. The summed E-state index contributed by atoms with van der Waals surface area (Å²) in [5.41, 5.74) is -0.0725. The maximum absolute atomic E-state index is 11.8. The number of aromatic hydroxyl groups is 2. The molecule has 0 bridgehead atoms. The summed E-state index contributed by atoms with van der Waals surface area (Å²) in [6.07, 6.45) is -5.78. The van der Waals surface area contributed by atoms with Crippen molar-refractivity contribution in [1.29, 1.82) is 0 Å². The monoisotopic (exact) mass is 286 g/mol. The Labute approximate surface area is 113 Å². The van der Waals surface area contributed by atoms with Crippen LogP contribution >= 0.6 is 0 Å². The van der Waals surface area contributed by atoms with Crippen molar-refractivity contribution in [2.24, 2.45) is 0 Å². The number of hydrogen-bond acceptors (Lipinski definition) is 8. The molecule has 0 spiro atoms. The minimum atomic E-state index is -1.59. The lowest BCUT2D eigenvalue weighted by Crippen LogP contribution is -2.54. The summed E-state index contributed by atoms with van der Waals surface area (Å²) in [5, 5.41) is 46.7. The second-order valence-corrected chi connectivity index (χ2v) is 4.36. The van der Waals surface area contributed by atoms with Crippen LogP contribution in [0.5, 0.6) is 11.5 Å². The molecule has 4 atom stereocenters. The molecule has 2 rings (SSSR count). The van der Waals surface area contributed by atoms with Gasteiger partial charge in [0.05, 0.1) is 12.2 Å². The molecule has 1 fully saturated rings. The minimum Gasteiger partial charge on any atom is -0.504 e. The Balaban J connectivity index is 2.06. The van der Waals surface area contributed by atoms with Gasteiger partial charge in [0.25, 0.3) is 0 Å². The minimum absolute atomic E-state index is 0.0725.